The maximum Gasteiger partial charge on any atom is 0.211 e. The van der Waals surface area contributed by atoms with Crippen molar-refractivity contribution >= 4 is 10.0 Å². The van der Waals surface area contributed by atoms with E-state index in [1.54, 1.807) is 4.31 Å². The van der Waals surface area contributed by atoms with Crippen LogP contribution >= 0.6 is 0 Å². The first kappa shape index (κ1) is 13.8. The topological polar surface area (TPSA) is 49.4 Å². The van der Waals surface area contributed by atoms with Crippen molar-refractivity contribution in [1.29, 1.82) is 0 Å². The van der Waals surface area contributed by atoms with Crippen molar-refractivity contribution in [3.05, 3.63) is 0 Å². The summed E-state index contributed by atoms with van der Waals surface area (Å²) in [6.07, 6.45) is 10.2. The van der Waals surface area contributed by atoms with E-state index in [0.717, 1.165) is 32.1 Å². The van der Waals surface area contributed by atoms with E-state index in [4.69, 9.17) is 0 Å². The molecule has 3 aliphatic rings. The molecule has 0 aromatic carbocycles. The lowest BCUT2D eigenvalue weighted by Gasteiger charge is -2.33. The summed E-state index contributed by atoms with van der Waals surface area (Å²) >= 11 is 0. The first-order valence-electron chi connectivity index (χ1n) is 7.65. The maximum atomic E-state index is 11.6. The number of piperidine rings is 1. The van der Waals surface area contributed by atoms with E-state index in [0.29, 0.717) is 11.3 Å². The molecular weight excluding hydrogens is 260 g/mol. The SMILES string of the molecule is CS(=O)(=O)N1CCCC(CC2(CNC3CC3)CC2)C1. The monoisotopic (exact) mass is 286 g/mol. The van der Waals surface area contributed by atoms with Gasteiger partial charge in [-0.15, -0.1) is 0 Å². The Balaban J connectivity index is 1.51. The van der Waals surface area contributed by atoms with Gasteiger partial charge in [-0.05, 0) is 56.3 Å². The van der Waals surface area contributed by atoms with Crippen molar-refractivity contribution < 1.29 is 8.42 Å². The van der Waals surface area contributed by atoms with E-state index in [2.05, 4.69) is 5.32 Å². The second-order valence-corrected chi connectivity index (χ2v) is 8.97. The van der Waals surface area contributed by atoms with Gasteiger partial charge in [0.05, 0.1) is 6.26 Å². The predicted octanol–water partition coefficient (Wildman–Crippen LogP) is 1.58. The summed E-state index contributed by atoms with van der Waals surface area (Å²) in [6.45, 7) is 2.64. The van der Waals surface area contributed by atoms with Gasteiger partial charge in [-0.25, -0.2) is 12.7 Å². The lowest BCUT2D eigenvalue weighted by atomic mass is 9.87. The van der Waals surface area contributed by atoms with Crippen molar-refractivity contribution in [3.8, 4) is 0 Å². The molecule has 0 aromatic rings. The summed E-state index contributed by atoms with van der Waals surface area (Å²) in [7, 11) is -2.99. The standard InChI is InChI=1S/C14H26N2O2S/c1-19(17,18)16-8-2-3-12(10-16)9-14(6-7-14)11-15-13-4-5-13/h12-13,15H,2-11H2,1H3. The Morgan fingerprint density at radius 2 is 2.00 bits per heavy atom. The van der Waals surface area contributed by atoms with Crippen LogP contribution in [-0.4, -0.2) is 44.7 Å². The van der Waals surface area contributed by atoms with Gasteiger partial charge in [0.1, 0.15) is 0 Å². The predicted molar refractivity (Wildman–Crippen MR) is 76.4 cm³/mol. The Labute approximate surface area is 117 Å². The summed E-state index contributed by atoms with van der Waals surface area (Å²) in [6, 6.07) is 0.788. The zero-order chi connectivity index (χ0) is 13.5. The third kappa shape index (κ3) is 3.70. The fraction of sp³-hybridized carbons (Fsp3) is 1.00. The third-order valence-electron chi connectivity index (χ3n) is 4.97. The molecule has 3 fully saturated rings. The average Bonchev–Trinajstić information content (AvgIpc) is 3.22. The summed E-state index contributed by atoms with van der Waals surface area (Å²) in [5.41, 5.74) is 0.508. The molecule has 110 valence electrons. The van der Waals surface area contributed by atoms with Gasteiger partial charge in [-0.3, -0.25) is 0 Å². The van der Waals surface area contributed by atoms with Crippen LogP contribution in [0.1, 0.15) is 44.9 Å². The largest absolute Gasteiger partial charge is 0.313 e. The molecule has 1 unspecified atom stereocenters. The van der Waals surface area contributed by atoms with E-state index in [9.17, 15) is 8.42 Å². The Hall–Kier alpha value is -0.130. The molecule has 1 N–H and O–H groups in total. The van der Waals surface area contributed by atoms with Crippen molar-refractivity contribution in [3.63, 3.8) is 0 Å². The highest BCUT2D eigenvalue weighted by molar-refractivity contribution is 7.88. The number of rotatable bonds is 6. The molecule has 1 heterocycles. The Morgan fingerprint density at radius 3 is 2.58 bits per heavy atom. The molecule has 2 saturated carbocycles. The Kier molecular flexibility index (Phi) is 3.65. The van der Waals surface area contributed by atoms with Gasteiger partial charge in [0.15, 0.2) is 0 Å². The van der Waals surface area contributed by atoms with E-state index < -0.39 is 10.0 Å². The minimum atomic E-state index is -2.99. The summed E-state index contributed by atoms with van der Waals surface area (Å²) in [5, 5.41) is 3.66. The van der Waals surface area contributed by atoms with Gasteiger partial charge in [-0.1, -0.05) is 0 Å². The molecule has 5 heteroatoms. The molecule has 0 aromatic heterocycles. The molecule has 0 spiro atoms. The third-order valence-corrected chi connectivity index (χ3v) is 6.24. The number of hydrogen-bond donors (Lipinski definition) is 1. The second kappa shape index (κ2) is 5.01. The molecule has 1 saturated heterocycles. The molecule has 19 heavy (non-hydrogen) atoms. The Morgan fingerprint density at radius 1 is 1.26 bits per heavy atom. The normalized spacial score (nSPS) is 31.3. The highest BCUT2D eigenvalue weighted by Gasteiger charge is 2.45. The van der Waals surface area contributed by atoms with Crippen LogP contribution in [0.5, 0.6) is 0 Å². The van der Waals surface area contributed by atoms with Crippen molar-refractivity contribution in [1.82, 2.24) is 9.62 Å². The van der Waals surface area contributed by atoms with Crippen LogP contribution in [0.25, 0.3) is 0 Å². The minimum absolute atomic E-state index is 0.508. The molecule has 3 rings (SSSR count). The fourth-order valence-electron chi connectivity index (χ4n) is 3.39. The lowest BCUT2D eigenvalue weighted by molar-refractivity contribution is 0.220. The highest BCUT2D eigenvalue weighted by atomic mass is 32.2. The quantitative estimate of drug-likeness (QED) is 0.806. The van der Waals surface area contributed by atoms with Gasteiger partial charge in [0.2, 0.25) is 10.0 Å². The highest BCUT2D eigenvalue weighted by Crippen LogP contribution is 2.51. The van der Waals surface area contributed by atoms with Crippen LogP contribution in [0, 0.1) is 11.3 Å². The average molecular weight is 286 g/mol. The number of sulfonamides is 1. The van der Waals surface area contributed by atoms with E-state index in [1.165, 1.54) is 44.8 Å². The maximum absolute atomic E-state index is 11.6. The summed E-state index contributed by atoms with van der Waals surface area (Å²) < 4.78 is 25.0. The molecule has 1 aliphatic heterocycles. The van der Waals surface area contributed by atoms with Crippen LogP contribution in [0.3, 0.4) is 0 Å². The molecule has 0 amide bonds. The van der Waals surface area contributed by atoms with Crippen molar-refractivity contribution in [2.75, 3.05) is 25.9 Å². The molecule has 0 bridgehead atoms. The lowest BCUT2D eigenvalue weighted by Crippen LogP contribution is -2.40. The van der Waals surface area contributed by atoms with Crippen LogP contribution in [-0.2, 0) is 10.0 Å². The van der Waals surface area contributed by atoms with Crippen molar-refractivity contribution in [2.24, 2.45) is 11.3 Å². The molecule has 4 nitrogen and oxygen atoms in total. The van der Waals surface area contributed by atoms with Crippen LogP contribution in [0.4, 0.5) is 0 Å². The van der Waals surface area contributed by atoms with Gasteiger partial charge in [-0.2, -0.15) is 0 Å². The fourth-order valence-corrected chi connectivity index (χ4v) is 4.33. The molecule has 1 atom stereocenters. The van der Waals surface area contributed by atoms with Gasteiger partial charge in [0.25, 0.3) is 0 Å². The Bertz CT molecular complexity index is 427. The van der Waals surface area contributed by atoms with Crippen LogP contribution in [0.15, 0.2) is 0 Å². The zero-order valence-electron chi connectivity index (χ0n) is 11.9. The molecular formula is C14H26N2O2S. The smallest absolute Gasteiger partial charge is 0.211 e. The first-order valence-corrected chi connectivity index (χ1v) is 9.50. The van der Waals surface area contributed by atoms with Crippen molar-refractivity contribution in [2.45, 2.75) is 51.0 Å². The van der Waals surface area contributed by atoms with Gasteiger partial charge in [0, 0.05) is 25.7 Å². The molecule has 0 radical (unpaired) electrons. The summed E-state index contributed by atoms with van der Waals surface area (Å²) in [5.74, 6) is 0.576. The number of hydrogen-bond acceptors (Lipinski definition) is 3. The van der Waals surface area contributed by atoms with Gasteiger partial charge >= 0.3 is 0 Å². The first-order chi connectivity index (χ1) is 8.97. The van der Waals surface area contributed by atoms with E-state index in [1.807, 2.05) is 0 Å². The minimum Gasteiger partial charge on any atom is -0.313 e. The molecule has 2 aliphatic carbocycles. The van der Waals surface area contributed by atoms with E-state index in [-0.39, 0.29) is 0 Å². The number of nitrogens with zero attached hydrogens (tertiary/aromatic N) is 1. The summed E-state index contributed by atoms with van der Waals surface area (Å²) in [4.78, 5) is 0. The second-order valence-electron chi connectivity index (χ2n) is 6.99. The van der Waals surface area contributed by atoms with Crippen LogP contribution in [0.2, 0.25) is 0 Å². The van der Waals surface area contributed by atoms with Crippen LogP contribution < -0.4 is 5.32 Å². The van der Waals surface area contributed by atoms with Gasteiger partial charge < -0.3 is 5.32 Å². The number of nitrogens with one attached hydrogen (secondary N) is 1. The zero-order valence-corrected chi connectivity index (χ0v) is 12.7. The van der Waals surface area contributed by atoms with E-state index >= 15 is 0 Å².